The lowest BCUT2D eigenvalue weighted by atomic mass is 10.4. The lowest BCUT2D eigenvalue weighted by Crippen LogP contribution is -2.05. The van der Waals surface area contributed by atoms with E-state index in [1.54, 1.807) is 7.05 Å². The third-order valence-corrected chi connectivity index (χ3v) is 2.18. The van der Waals surface area contributed by atoms with Gasteiger partial charge in [0.2, 0.25) is 5.65 Å². The molecule has 2 aromatic rings. The fraction of sp³-hybridized carbons (Fsp3) is 0.200. The molecule has 2 rings (SSSR count). The van der Waals surface area contributed by atoms with E-state index >= 15 is 0 Å². The fourth-order valence-corrected chi connectivity index (χ4v) is 1.64. The molecular weight excluding hydrogens is 180 g/mol. The number of aryl methyl sites for hydroxylation is 1. The van der Waals surface area contributed by atoms with Gasteiger partial charge in [0.05, 0.1) is 0 Å². The molecule has 2 aromatic heterocycles. The van der Waals surface area contributed by atoms with Crippen molar-refractivity contribution < 1.29 is 9.90 Å². The number of rotatable bonds is 1. The maximum atomic E-state index is 10.7. The fourth-order valence-electron chi connectivity index (χ4n) is 0.975. The van der Waals surface area contributed by atoms with Crippen molar-refractivity contribution in [3.05, 3.63) is 5.69 Å². The summed E-state index contributed by atoms with van der Waals surface area (Å²) in [7, 11) is 1.57. The van der Waals surface area contributed by atoms with E-state index in [9.17, 15) is 4.79 Å². The molecule has 0 aliphatic rings. The van der Waals surface area contributed by atoms with Crippen molar-refractivity contribution in [3.63, 3.8) is 0 Å². The van der Waals surface area contributed by atoms with Gasteiger partial charge in [-0.1, -0.05) is 4.49 Å². The van der Waals surface area contributed by atoms with Crippen LogP contribution in [0.15, 0.2) is 0 Å². The maximum Gasteiger partial charge on any atom is 0.355 e. The number of fused-ring (bicyclic) bond motifs is 1. The van der Waals surface area contributed by atoms with Gasteiger partial charge in [-0.15, -0.1) is 10.2 Å². The predicted octanol–water partition coefficient (Wildman–Crippen LogP) is 0.123. The SMILES string of the molecule is Cn1nc2nnsc2c1C(=O)O. The topological polar surface area (TPSA) is 80.9 Å². The first kappa shape index (κ1) is 7.17. The Morgan fingerprint density at radius 1 is 1.67 bits per heavy atom. The highest BCUT2D eigenvalue weighted by atomic mass is 32.1. The lowest BCUT2D eigenvalue weighted by molar-refractivity contribution is 0.0687. The van der Waals surface area contributed by atoms with Crippen LogP contribution in [0.2, 0.25) is 0 Å². The summed E-state index contributed by atoms with van der Waals surface area (Å²) < 4.78 is 5.41. The minimum Gasteiger partial charge on any atom is -0.476 e. The van der Waals surface area contributed by atoms with E-state index in [0.29, 0.717) is 10.3 Å². The zero-order valence-electron chi connectivity index (χ0n) is 6.05. The van der Waals surface area contributed by atoms with Crippen LogP contribution in [-0.2, 0) is 7.05 Å². The second-order valence-corrected chi connectivity index (χ2v) is 2.96. The standard InChI is InChI=1S/C5H4N4O2S/c1-9-2(5(10)11)3-4(7-9)6-8-12-3/h1H3,(H,10,11). The summed E-state index contributed by atoms with van der Waals surface area (Å²) in [6.07, 6.45) is 0. The Labute approximate surface area is 70.6 Å². The smallest absolute Gasteiger partial charge is 0.355 e. The Hall–Kier alpha value is -1.50. The molecule has 0 unspecified atom stereocenters. The van der Waals surface area contributed by atoms with Crippen molar-refractivity contribution in [2.24, 2.45) is 7.05 Å². The van der Waals surface area contributed by atoms with Gasteiger partial charge in [-0.2, -0.15) is 0 Å². The second kappa shape index (κ2) is 2.24. The van der Waals surface area contributed by atoms with Gasteiger partial charge < -0.3 is 5.11 Å². The van der Waals surface area contributed by atoms with Gasteiger partial charge in [-0.25, -0.2) is 4.79 Å². The van der Waals surface area contributed by atoms with Crippen LogP contribution < -0.4 is 0 Å². The molecule has 0 saturated carbocycles. The summed E-state index contributed by atoms with van der Waals surface area (Å²) in [6, 6.07) is 0. The summed E-state index contributed by atoms with van der Waals surface area (Å²) in [5, 5.41) is 16.3. The highest BCUT2D eigenvalue weighted by molar-refractivity contribution is 7.13. The van der Waals surface area contributed by atoms with E-state index in [2.05, 4.69) is 14.7 Å². The monoisotopic (exact) mass is 184 g/mol. The molecule has 62 valence electrons. The van der Waals surface area contributed by atoms with E-state index in [1.165, 1.54) is 4.68 Å². The Morgan fingerprint density at radius 3 is 3.08 bits per heavy atom. The molecule has 0 aliphatic heterocycles. The molecule has 7 heteroatoms. The quantitative estimate of drug-likeness (QED) is 0.680. The highest BCUT2D eigenvalue weighted by Gasteiger charge is 2.17. The average Bonchev–Trinajstić information content (AvgIpc) is 2.44. The van der Waals surface area contributed by atoms with Crippen LogP contribution in [0.4, 0.5) is 0 Å². The van der Waals surface area contributed by atoms with Crippen LogP contribution in [-0.4, -0.2) is 30.4 Å². The van der Waals surface area contributed by atoms with Crippen molar-refractivity contribution in [1.29, 1.82) is 0 Å². The highest BCUT2D eigenvalue weighted by Crippen LogP contribution is 2.18. The largest absolute Gasteiger partial charge is 0.476 e. The van der Waals surface area contributed by atoms with Gasteiger partial charge in [0.1, 0.15) is 4.70 Å². The minimum absolute atomic E-state index is 0.139. The van der Waals surface area contributed by atoms with Crippen molar-refractivity contribution in [2.75, 3.05) is 0 Å². The van der Waals surface area contributed by atoms with Gasteiger partial charge in [-0.3, -0.25) is 4.68 Å². The molecule has 12 heavy (non-hydrogen) atoms. The molecule has 6 nitrogen and oxygen atoms in total. The molecule has 0 aromatic carbocycles. The molecule has 1 N–H and O–H groups in total. The first-order valence-corrected chi connectivity index (χ1v) is 3.86. The molecule has 2 heterocycles. The molecule has 0 saturated heterocycles. The molecule has 0 atom stereocenters. The number of carboxylic acid groups (broad SMARTS) is 1. The van der Waals surface area contributed by atoms with E-state index in [4.69, 9.17) is 5.11 Å². The molecule has 0 fully saturated rings. The van der Waals surface area contributed by atoms with E-state index in [0.717, 1.165) is 11.5 Å². The number of aromatic nitrogens is 4. The van der Waals surface area contributed by atoms with Gasteiger partial charge in [0.15, 0.2) is 5.69 Å². The van der Waals surface area contributed by atoms with Gasteiger partial charge >= 0.3 is 5.97 Å². The van der Waals surface area contributed by atoms with E-state index < -0.39 is 5.97 Å². The zero-order chi connectivity index (χ0) is 8.72. The summed E-state index contributed by atoms with van der Waals surface area (Å²) in [5.41, 5.74) is 0.528. The van der Waals surface area contributed by atoms with Crippen LogP contribution in [0.3, 0.4) is 0 Å². The van der Waals surface area contributed by atoms with Crippen LogP contribution in [0, 0.1) is 0 Å². The van der Waals surface area contributed by atoms with E-state index in [1.807, 2.05) is 0 Å². The van der Waals surface area contributed by atoms with Gasteiger partial charge in [0.25, 0.3) is 0 Å². The number of nitrogens with zero attached hydrogens (tertiary/aromatic N) is 4. The Morgan fingerprint density at radius 2 is 2.42 bits per heavy atom. The molecule has 0 aliphatic carbocycles. The summed E-state index contributed by atoms with van der Waals surface area (Å²) in [5.74, 6) is -1.01. The third-order valence-electron chi connectivity index (χ3n) is 1.46. The first-order valence-electron chi connectivity index (χ1n) is 3.08. The van der Waals surface area contributed by atoms with Crippen LogP contribution in [0.1, 0.15) is 10.5 Å². The number of carbonyl (C=O) groups is 1. The van der Waals surface area contributed by atoms with Crippen molar-refractivity contribution in [1.82, 2.24) is 19.4 Å². The zero-order valence-corrected chi connectivity index (χ0v) is 6.87. The Balaban J connectivity index is 2.84. The average molecular weight is 184 g/mol. The molecule has 0 spiro atoms. The van der Waals surface area contributed by atoms with Crippen LogP contribution in [0.25, 0.3) is 10.3 Å². The molecular formula is C5H4N4O2S. The van der Waals surface area contributed by atoms with Crippen LogP contribution in [0.5, 0.6) is 0 Å². The first-order chi connectivity index (χ1) is 5.70. The summed E-state index contributed by atoms with van der Waals surface area (Å²) in [4.78, 5) is 10.7. The maximum absolute atomic E-state index is 10.7. The van der Waals surface area contributed by atoms with E-state index in [-0.39, 0.29) is 5.69 Å². The van der Waals surface area contributed by atoms with Crippen LogP contribution >= 0.6 is 11.5 Å². The number of hydrogen-bond donors (Lipinski definition) is 1. The Kier molecular flexibility index (Phi) is 1.34. The lowest BCUT2D eigenvalue weighted by Gasteiger charge is -1.91. The van der Waals surface area contributed by atoms with Crippen molar-refractivity contribution in [3.8, 4) is 0 Å². The third kappa shape index (κ3) is 0.797. The van der Waals surface area contributed by atoms with Gasteiger partial charge in [-0.05, 0) is 11.5 Å². The summed E-state index contributed by atoms with van der Waals surface area (Å²) >= 11 is 1.04. The Bertz CT molecular complexity index is 445. The summed E-state index contributed by atoms with van der Waals surface area (Å²) in [6.45, 7) is 0. The molecule has 0 radical (unpaired) electrons. The normalized spacial score (nSPS) is 10.8. The van der Waals surface area contributed by atoms with Crippen molar-refractivity contribution in [2.45, 2.75) is 0 Å². The molecule has 0 bridgehead atoms. The minimum atomic E-state index is -1.01. The second-order valence-electron chi connectivity index (χ2n) is 2.20. The number of hydrogen-bond acceptors (Lipinski definition) is 5. The van der Waals surface area contributed by atoms with Crippen molar-refractivity contribution >= 4 is 27.8 Å². The number of carboxylic acids is 1. The van der Waals surface area contributed by atoms with Gasteiger partial charge in [0, 0.05) is 7.05 Å². The number of aromatic carboxylic acids is 1. The molecule has 0 amide bonds. The predicted molar refractivity (Wildman–Crippen MR) is 41.1 cm³/mol.